The van der Waals surface area contributed by atoms with Gasteiger partial charge in [-0.25, -0.2) is 4.98 Å². The molecule has 33 heavy (non-hydrogen) atoms. The van der Waals surface area contributed by atoms with E-state index in [2.05, 4.69) is 35.9 Å². The molecule has 0 aromatic carbocycles. The number of amides is 1. The van der Waals surface area contributed by atoms with Gasteiger partial charge < -0.3 is 15.7 Å². The van der Waals surface area contributed by atoms with E-state index in [-0.39, 0.29) is 11.8 Å². The Bertz CT molecular complexity index is 888. The van der Waals surface area contributed by atoms with Crippen LogP contribution in [0, 0.1) is 5.92 Å². The smallest absolute Gasteiger partial charge is 0.321 e. The highest BCUT2D eigenvalue weighted by Crippen LogP contribution is 2.23. The maximum atomic E-state index is 12.6. The molecule has 178 valence electrons. The second kappa shape index (κ2) is 12.3. The standard InChI is InChI=1S/C26H36N4O3/c1-3-4-7-19(2)18-23(26(32)33)30-16-12-21(13-17-30)25(31)28-15-6-9-22-11-10-20-8-5-14-27-24(20)29-22/h3-4,7,10-11,21,23H,1-2,5-6,8-9,12-18H2,(H,27,29)(H,28,31)(H,32,33)/b7-4-. The Kier molecular flexibility index (Phi) is 9.24. The second-order valence-corrected chi connectivity index (χ2v) is 8.86. The van der Waals surface area contributed by atoms with Gasteiger partial charge in [0.2, 0.25) is 5.91 Å². The number of aryl methyl sites for hydroxylation is 2. The first kappa shape index (κ1) is 24.7. The molecule has 0 radical (unpaired) electrons. The molecule has 1 aromatic heterocycles. The SMILES string of the molecule is C=C/C=C\C(=C)CC(C(=O)O)N1CCC(C(=O)NCCCc2ccc3c(n2)NCCC3)CC1. The van der Waals surface area contributed by atoms with Crippen LogP contribution in [0.1, 0.15) is 43.4 Å². The average molecular weight is 453 g/mol. The number of hydrogen-bond donors (Lipinski definition) is 3. The second-order valence-electron chi connectivity index (χ2n) is 8.86. The molecular formula is C26H36N4O3. The van der Waals surface area contributed by atoms with E-state index in [1.165, 1.54) is 5.56 Å². The highest BCUT2D eigenvalue weighted by Gasteiger charge is 2.32. The van der Waals surface area contributed by atoms with Gasteiger partial charge in [0, 0.05) is 24.7 Å². The summed E-state index contributed by atoms with van der Waals surface area (Å²) in [5, 5.41) is 16.1. The van der Waals surface area contributed by atoms with Gasteiger partial charge in [-0.05, 0) is 69.7 Å². The first-order valence-electron chi connectivity index (χ1n) is 11.9. The lowest BCUT2D eigenvalue weighted by molar-refractivity contribution is -0.144. The summed E-state index contributed by atoms with van der Waals surface area (Å²) in [4.78, 5) is 31.0. The van der Waals surface area contributed by atoms with Crippen LogP contribution in [0.4, 0.5) is 5.82 Å². The molecule has 0 aliphatic carbocycles. The summed E-state index contributed by atoms with van der Waals surface area (Å²) in [6.07, 6.45) is 10.8. The Labute approximate surface area is 196 Å². The fourth-order valence-corrected chi connectivity index (χ4v) is 4.50. The molecule has 0 saturated carbocycles. The topological polar surface area (TPSA) is 94.6 Å². The summed E-state index contributed by atoms with van der Waals surface area (Å²) < 4.78 is 0. The number of aromatic nitrogens is 1. The Morgan fingerprint density at radius 1 is 1.33 bits per heavy atom. The highest BCUT2D eigenvalue weighted by atomic mass is 16.4. The minimum absolute atomic E-state index is 0.0642. The van der Waals surface area contributed by atoms with E-state index in [0.717, 1.165) is 49.3 Å². The van der Waals surface area contributed by atoms with E-state index in [1.54, 1.807) is 18.2 Å². The minimum Gasteiger partial charge on any atom is -0.480 e. The lowest BCUT2D eigenvalue weighted by Crippen LogP contribution is -2.48. The van der Waals surface area contributed by atoms with Gasteiger partial charge in [0.15, 0.2) is 0 Å². The van der Waals surface area contributed by atoms with Crippen molar-refractivity contribution in [3.05, 3.63) is 60.3 Å². The number of carbonyl (C=O) groups is 2. The maximum Gasteiger partial charge on any atom is 0.321 e. The summed E-state index contributed by atoms with van der Waals surface area (Å²) >= 11 is 0. The van der Waals surface area contributed by atoms with Gasteiger partial charge in [-0.3, -0.25) is 14.5 Å². The van der Waals surface area contributed by atoms with E-state index in [9.17, 15) is 14.7 Å². The molecule has 3 heterocycles. The predicted molar refractivity (Wildman–Crippen MR) is 131 cm³/mol. The molecule has 0 spiro atoms. The number of carboxylic acids is 1. The Balaban J connectivity index is 1.39. The van der Waals surface area contributed by atoms with Crippen LogP contribution in [0.3, 0.4) is 0 Å². The Morgan fingerprint density at radius 3 is 2.85 bits per heavy atom. The summed E-state index contributed by atoms with van der Waals surface area (Å²) in [6, 6.07) is 3.63. The summed E-state index contributed by atoms with van der Waals surface area (Å²) in [5.74, 6) is 0.164. The number of aliphatic carboxylic acids is 1. The van der Waals surface area contributed by atoms with Crippen molar-refractivity contribution in [3.8, 4) is 0 Å². The fourth-order valence-electron chi connectivity index (χ4n) is 4.50. The molecule has 1 unspecified atom stereocenters. The van der Waals surface area contributed by atoms with Gasteiger partial charge in [-0.1, -0.05) is 43.0 Å². The van der Waals surface area contributed by atoms with E-state index in [1.807, 2.05) is 4.90 Å². The zero-order valence-corrected chi connectivity index (χ0v) is 19.4. The number of rotatable bonds is 11. The summed E-state index contributed by atoms with van der Waals surface area (Å²) in [6.45, 7) is 10.4. The lowest BCUT2D eigenvalue weighted by atomic mass is 9.93. The minimum atomic E-state index is -0.850. The van der Waals surface area contributed by atoms with Crippen LogP contribution in [-0.4, -0.2) is 59.1 Å². The quantitative estimate of drug-likeness (QED) is 0.352. The average Bonchev–Trinajstić information content (AvgIpc) is 2.83. The molecular weight excluding hydrogens is 416 g/mol. The summed E-state index contributed by atoms with van der Waals surface area (Å²) in [7, 11) is 0. The zero-order chi connectivity index (χ0) is 23.6. The van der Waals surface area contributed by atoms with Gasteiger partial charge >= 0.3 is 5.97 Å². The van der Waals surface area contributed by atoms with Gasteiger partial charge in [0.25, 0.3) is 0 Å². The zero-order valence-electron chi connectivity index (χ0n) is 19.4. The highest BCUT2D eigenvalue weighted by molar-refractivity contribution is 5.79. The van der Waals surface area contributed by atoms with Crippen LogP contribution >= 0.6 is 0 Å². The third-order valence-corrected chi connectivity index (χ3v) is 6.41. The van der Waals surface area contributed by atoms with Gasteiger partial charge in [0.05, 0.1) is 0 Å². The molecule has 7 heteroatoms. The summed E-state index contributed by atoms with van der Waals surface area (Å²) in [5.41, 5.74) is 3.09. The molecule has 3 rings (SSSR count). The van der Waals surface area contributed by atoms with Crippen LogP contribution in [0.2, 0.25) is 0 Å². The number of anilines is 1. The predicted octanol–water partition coefficient (Wildman–Crippen LogP) is 3.34. The molecule has 1 atom stereocenters. The lowest BCUT2D eigenvalue weighted by Gasteiger charge is -2.35. The molecule has 2 aliphatic heterocycles. The third kappa shape index (κ3) is 7.29. The number of carboxylic acid groups (broad SMARTS) is 1. The van der Waals surface area contributed by atoms with Crippen LogP contribution in [0.15, 0.2) is 49.1 Å². The van der Waals surface area contributed by atoms with Crippen molar-refractivity contribution in [1.29, 1.82) is 0 Å². The number of nitrogens with one attached hydrogen (secondary N) is 2. The first-order valence-corrected chi connectivity index (χ1v) is 11.9. The number of likely N-dealkylation sites (tertiary alicyclic amines) is 1. The normalized spacial score (nSPS) is 17.7. The molecule has 1 fully saturated rings. The number of fused-ring (bicyclic) bond motifs is 1. The van der Waals surface area contributed by atoms with E-state index < -0.39 is 12.0 Å². The number of piperidine rings is 1. The van der Waals surface area contributed by atoms with Crippen molar-refractivity contribution in [1.82, 2.24) is 15.2 Å². The van der Waals surface area contributed by atoms with Crippen molar-refractivity contribution in [2.45, 2.75) is 51.0 Å². The van der Waals surface area contributed by atoms with Gasteiger partial charge in [-0.2, -0.15) is 0 Å². The molecule has 0 bridgehead atoms. The number of carbonyl (C=O) groups excluding carboxylic acids is 1. The maximum absolute atomic E-state index is 12.6. The molecule has 3 N–H and O–H groups in total. The van der Waals surface area contributed by atoms with Crippen LogP contribution in [0.5, 0.6) is 0 Å². The van der Waals surface area contributed by atoms with Gasteiger partial charge in [-0.15, -0.1) is 0 Å². The van der Waals surface area contributed by atoms with Crippen LogP contribution in [0.25, 0.3) is 0 Å². The van der Waals surface area contributed by atoms with E-state index >= 15 is 0 Å². The van der Waals surface area contributed by atoms with Crippen LogP contribution < -0.4 is 10.6 Å². The number of hydrogen-bond acceptors (Lipinski definition) is 5. The molecule has 1 amide bonds. The number of nitrogens with zero attached hydrogens (tertiary/aromatic N) is 2. The van der Waals surface area contributed by atoms with Crippen molar-refractivity contribution < 1.29 is 14.7 Å². The fraction of sp³-hybridized carbons (Fsp3) is 0.500. The van der Waals surface area contributed by atoms with Crippen molar-refractivity contribution in [2.75, 3.05) is 31.5 Å². The number of allylic oxidation sites excluding steroid dienone is 3. The van der Waals surface area contributed by atoms with Crippen LogP contribution in [-0.2, 0) is 22.4 Å². The molecule has 2 aliphatic rings. The number of pyridine rings is 1. The Hall–Kier alpha value is -2.93. The monoisotopic (exact) mass is 452 g/mol. The molecule has 7 nitrogen and oxygen atoms in total. The largest absolute Gasteiger partial charge is 0.480 e. The van der Waals surface area contributed by atoms with Crippen molar-refractivity contribution in [2.24, 2.45) is 5.92 Å². The molecule has 1 saturated heterocycles. The van der Waals surface area contributed by atoms with Crippen molar-refractivity contribution in [3.63, 3.8) is 0 Å². The van der Waals surface area contributed by atoms with Crippen molar-refractivity contribution >= 4 is 17.7 Å². The van der Waals surface area contributed by atoms with E-state index in [0.29, 0.717) is 38.9 Å². The van der Waals surface area contributed by atoms with E-state index in [4.69, 9.17) is 4.98 Å². The first-order chi connectivity index (χ1) is 16.0. The third-order valence-electron chi connectivity index (χ3n) is 6.41. The van der Waals surface area contributed by atoms with Gasteiger partial charge in [0.1, 0.15) is 11.9 Å². The Morgan fingerprint density at radius 2 is 2.12 bits per heavy atom. The molecule has 1 aromatic rings.